The summed E-state index contributed by atoms with van der Waals surface area (Å²) in [6.45, 7) is 5.67. The van der Waals surface area contributed by atoms with Crippen molar-refractivity contribution in [1.29, 1.82) is 0 Å². The van der Waals surface area contributed by atoms with E-state index in [1.807, 2.05) is 38.1 Å². The molecule has 1 fully saturated rings. The lowest BCUT2D eigenvalue weighted by molar-refractivity contribution is 0.0752. The molecule has 1 saturated heterocycles. The molecule has 138 valence electrons. The van der Waals surface area contributed by atoms with E-state index in [1.54, 1.807) is 29.2 Å². The minimum atomic E-state index is -3.20. The summed E-state index contributed by atoms with van der Waals surface area (Å²) in [6, 6.07) is 14.9. The summed E-state index contributed by atoms with van der Waals surface area (Å²) in [5.41, 5.74) is 3.48. The van der Waals surface area contributed by atoms with Gasteiger partial charge in [0.05, 0.1) is 11.4 Å². The van der Waals surface area contributed by atoms with Gasteiger partial charge in [0.1, 0.15) is 0 Å². The van der Waals surface area contributed by atoms with Crippen molar-refractivity contribution in [2.45, 2.75) is 26.8 Å². The number of carbonyl (C=O) groups is 1. The molecule has 0 N–H and O–H groups in total. The summed E-state index contributed by atoms with van der Waals surface area (Å²) in [5.74, 6) is 0.139. The Hall–Kier alpha value is -2.34. The molecule has 0 spiro atoms. The fraction of sp³-hybridized carbons (Fsp3) is 0.350. The molecule has 0 radical (unpaired) electrons. The van der Waals surface area contributed by atoms with E-state index in [9.17, 15) is 13.2 Å². The van der Waals surface area contributed by atoms with Gasteiger partial charge in [0, 0.05) is 25.2 Å². The molecule has 1 amide bonds. The molecule has 5 nitrogen and oxygen atoms in total. The number of anilines is 1. The molecule has 0 aromatic heterocycles. The van der Waals surface area contributed by atoms with E-state index >= 15 is 0 Å². The van der Waals surface area contributed by atoms with Gasteiger partial charge in [-0.05, 0) is 55.7 Å². The number of nitrogens with zero attached hydrogens (tertiary/aromatic N) is 2. The van der Waals surface area contributed by atoms with Gasteiger partial charge >= 0.3 is 0 Å². The molecule has 0 saturated carbocycles. The van der Waals surface area contributed by atoms with Crippen LogP contribution in [0.1, 0.15) is 34.8 Å². The van der Waals surface area contributed by atoms with Crippen LogP contribution < -0.4 is 4.31 Å². The number of hydrogen-bond donors (Lipinski definition) is 0. The predicted molar refractivity (Wildman–Crippen MR) is 104 cm³/mol. The highest BCUT2D eigenvalue weighted by Crippen LogP contribution is 2.24. The lowest BCUT2D eigenvalue weighted by Gasteiger charge is -2.23. The molecular formula is C20H24N2O3S. The molecule has 1 aliphatic rings. The predicted octanol–water partition coefficient (Wildman–Crippen LogP) is 3.20. The monoisotopic (exact) mass is 372 g/mol. The highest BCUT2D eigenvalue weighted by atomic mass is 32.2. The number of amides is 1. The van der Waals surface area contributed by atoms with Crippen molar-refractivity contribution < 1.29 is 13.2 Å². The Morgan fingerprint density at radius 2 is 1.81 bits per heavy atom. The third kappa shape index (κ3) is 3.75. The first-order valence-corrected chi connectivity index (χ1v) is 10.5. The largest absolute Gasteiger partial charge is 0.335 e. The van der Waals surface area contributed by atoms with Crippen molar-refractivity contribution in [2.75, 3.05) is 23.1 Å². The highest BCUT2D eigenvalue weighted by molar-refractivity contribution is 7.93. The molecule has 2 aromatic rings. The van der Waals surface area contributed by atoms with Crippen LogP contribution in [0.3, 0.4) is 0 Å². The summed E-state index contributed by atoms with van der Waals surface area (Å²) in [5, 5.41) is 0. The van der Waals surface area contributed by atoms with Gasteiger partial charge in [-0.2, -0.15) is 0 Å². The van der Waals surface area contributed by atoms with Crippen molar-refractivity contribution in [3.63, 3.8) is 0 Å². The quantitative estimate of drug-likeness (QED) is 0.810. The van der Waals surface area contributed by atoms with E-state index in [2.05, 4.69) is 0 Å². The Bertz CT molecular complexity index is 892. The summed E-state index contributed by atoms with van der Waals surface area (Å²) in [4.78, 5) is 14.6. The molecule has 1 heterocycles. The van der Waals surface area contributed by atoms with Gasteiger partial charge in [-0.25, -0.2) is 8.42 Å². The second-order valence-corrected chi connectivity index (χ2v) is 8.55. The van der Waals surface area contributed by atoms with Crippen LogP contribution in [0, 0.1) is 6.92 Å². The minimum absolute atomic E-state index is 0.0495. The van der Waals surface area contributed by atoms with Gasteiger partial charge in [0.15, 0.2) is 0 Å². The van der Waals surface area contributed by atoms with Gasteiger partial charge in [-0.1, -0.05) is 24.3 Å². The fourth-order valence-electron chi connectivity index (χ4n) is 3.20. The van der Waals surface area contributed by atoms with Gasteiger partial charge in [0.2, 0.25) is 10.0 Å². The first-order chi connectivity index (χ1) is 12.4. The van der Waals surface area contributed by atoms with Crippen molar-refractivity contribution >= 4 is 21.6 Å². The lowest BCUT2D eigenvalue weighted by atomic mass is 10.1. The van der Waals surface area contributed by atoms with Crippen molar-refractivity contribution in [2.24, 2.45) is 0 Å². The Balaban J connectivity index is 1.77. The Morgan fingerprint density at radius 3 is 2.38 bits per heavy atom. The zero-order valence-electron chi connectivity index (χ0n) is 15.2. The normalized spacial score (nSPS) is 15.8. The van der Waals surface area contributed by atoms with E-state index in [-0.39, 0.29) is 11.7 Å². The zero-order valence-corrected chi connectivity index (χ0v) is 16.0. The fourth-order valence-corrected chi connectivity index (χ4v) is 4.77. The van der Waals surface area contributed by atoms with E-state index in [0.29, 0.717) is 37.3 Å². The number of benzene rings is 2. The average molecular weight is 372 g/mol. The third-order valence-corrected chi connectivity index (χ3v) is 6.66. The maximum absolute atomic E-state index is 12.8. The summed E-state index contributed by atoms with van der Waals surface area (Å²) >= 11 is 0. The number of hydrogen-bond acceptors (Lipinski definition) is 3. The van der Waals surface area contributed by atoms with Crippen LogP contribution in [0.15, 0.2) is 48.5 Å². The first kappa shape index (κ1) is 18.5. The SMILES string of the molecule is CCN(Cc1ccccc1C)C(=O)c1ccc(N2CCCS2(=O)=O)cc1. The van der Waals surface area contributed by atoms with Crippen molar-refractivity contribution in [3.8, 4) is 0 Å². The highest BCUT2D eigenvalue weighted by Gasteiger charge is 2.28. The van der Waals surface area contributed by atoms with Crippen LogP contribution in [0.25, 0.3) is 0 Å². The maximum atomic E-state index is 12.8. The Kier molecular flexibility index (Phi) is 5.32. The molecule has 1 aliphatic heterocycles. The summed E-state index contributed by atoms with van der Waals surface area (Å²) in [6.07, 6.45) is 0.642. The standard InChI is InChI=1S/C20H24N2O3S/c1-3-21(15-18-8-5-4-7-16(18)2)20(23)17-9-11-19(12-10-17)22-13-6-14-26(22,24)25/h4-5,7-12H,3,6,13-15H2,1-2H3. The second kappa shape index (κ2) is 7.50. The first-order valence-electron chi connectivity index (χ1n) is 8.86. The topological polar surface area (TPSA) is 57.7 Å². The van der Waals surface area contributed by atoms with Crippen LogP contribution in [-0.4, -0.2) is 38.1 Å². The van der Waals surface area contributed by atoms with Crippen LogP contribution >= 0.6 is 0 Å². The molecule has 2 aromatic carbocycles. The van der Waals surface area contributed by atoms with Gasteiger partial charge in [0.25, 0.3) is 5.91 Å². The maximum Gasteiger partial charge on any atom is 0.254 e. The minimum Gasteiger partial charge on any atom is -0.335 e. The van der Waals surface area contributed by atoms with Crippen molar-refractivity contribution in [1.82, 2.24) is 4.90 Å². The molecular weight excluding hydrogens is 348 g/mol. The van der Waals surface area contributed by atoms with E-state index in [1.165, 1.54) is 4.31 Å². The van der Waals surface area contributed by atoms with Crippen LogP contribution in [0.5, 0.6) is 0 Å². The van der Waals surface area contributed by atoms with E-state index in [4.69, 9.17) is 0 Å². The molecule has 3 rings (SSSR count). The summed E-state index contributed by atoms with van der Waals surface area (Å²) < 4.78 is 25.5. The van der Waals surface area contributed by atoms with Gasteiger partial charge < -0.3 is 4.90 Å². The van der Waals surface area contributed by atoms with Crippen molar-refractivity contribution in [3.05, 3.63) is 65.2 Å². The molecule has 0 aliphatic carbocycles. The van der Waals surface area contributed by atoms with Gasteiger partial charge in [-0.3, -0.25) is 9.10 Å². The second-order valence-electron chi connectivity index (χ2n) is 6.53. The average Bonchev–Trinajstić information content (AvgIpc) is 3.00. The lowest BCUT2D eigenvalue weighted by Crippen LogP contribution is -2.30. The van der Waals surface area contributed by atoms with Crippen LogP contribution in [0.2, 0.25) is 0 Å². The van der Waals surface area contributed by atoms with E-state index < -0.39 is 10.0 Å². The number of aryl methyl sites for hydroxylation is 1. The smallest absolute Gasteiger partial charge is 0.254 e. The number of carbonyl (C=O) groups excluding carboxylic acids is 1. The molecule has 26 heavy (non-hydrogen) atoms. The third-order valence-electron chi connectivity index (χ3n) is 4.79. The zero-order chi connectivity index (χ0) is 18.7. The Morgan fingerprint density at radius 1 is 1.12 bits per heavy atom. The molecule has 0 unspecified atom stereocenters. The molecule has 0 atom stereocenters. The molecule has 0 bridgehead atoms. The van der Waals surface area contributed by atoms with Gasteiger partial charge in [-0.15, -0.1) is 0 Å². The summed E-state index contributed by atoms with van der Waals surface area (Å²) in [7, 11) is -3.20. The number of rotatable bonds is 5. The van der Waals surface area contributed by atoms with E-state index in [0.717, 1.165) is 11.1 Å². The Labute approximate surface area is 155 Å². The van der Waals surface area contributed by atoms with Crippen LogP contribution in [-0.2, 0) is 16.6 Å². The molecule has 6 heteroatoms. The van der Waals surface area contributed by atoms with Crippen LogP contribution in [0.4, 0.5) is 5.69 Å². The number of sulfonamides is 1.